The fourth-order valence-corrected chi connectivity index (χ4v) is 4.53. The molecule has 10 heteroatoms. The van der Waals surface area contributed by atoms with Crippen molar-refractivity contribution in [1.29, 1.82) is 0 Å². The molecule has 3 rings (SSSR count). The van der Waals surface area contributed by atoms with E-state index in [0.717, 1.165) is 12.8 Å². The van der Waals surface area contributed by atoms with E-state index >= 15 is 0 Å². The number of nitro groups is 1. The van der Waals surface area contributed by atoms with Gasteiger partial charge in [-0.25, -0.2) is 0 Å². The topological polar surface area (TPSA) is 115 Å². The van der Waals surface area contributed by atoms with Crippen LogP contribution in [0.25, 0.3) is 0 Å². The van der Waals surface area contributed by atoms with Gasteiger partial charge in [0.15, 0.2) is 10.1 Å². The van der Waals surface area contributed by atoms with E-state index in [1.54, 1.807) is 12.1 Å². The van der Waals surface area contributed by atoms with Gasteiger partial charge in [0.05, 0.1) is 10.7 Å². The van der Waals surface area contributed by atoms with Crippen molar-refractivity contribution >= 4 is 45.6 Å². The summed E-state index contributed by atoms with van der Waals surface area (Å²) in [7, 11) is 0. The number of nitrogens with zero attached hydrogens (tertiary/aromatic N) is 3. The Morgan fingerprint density at radius 2 is 1.88 bits per heavy atom. The number of thioether (sulfide) groups is 1. The molecule has 0 spiro atoms. The molecule has 3 aromatic rings. The van der Waals surface area contributed by atoms with Crippen LogP contribution in [0.3, 0.4) is 0 Å². The minimum Gasteiger partial charge on any atom is -0.296 e. The highest BCUT2D eigenvalue weighted by atomic mass is 32.2. The molecule has 2 aromatic carbocycles. The summed E-state index contributed by atoms with van der Waals surface area (Å²) in [4.78, 5) is 35.1. The van der Waals surface area contributed by atoms with Gasteiger partial charge in [-0.3, -0.25) is 25.0 Å². The standard InChI is InChI=1S/C22H22N4O4S2/c1-2-3-4-6-15-9-11-16(12-10-15)20(28)23-21-24-25-22(32-21)31-14-19(27)17-7-5-8-18(13-17)26(29)30/h5,7-13H,2-4,6,14H2,1H3,(H,23,24,28). The van der Waals surface area contributed by atoms with Crippen molar-refractivity contribution in [2.45, 2.75) is 36.9 Å². The number of ketones is 1. The maximum atomic E-state index is 12.4. The van der Waals surface area contributed by atoms with E-state index < -0.39 is 4.92 Å². The van der Waals surface area contributed by atoms with Gasteiger partial charge in [0, 0.05) is 23.3 Å². The number of hydrogen-bond acceptors (Lipinski definition) is 8. The maximum absolute atomic E-state index is 12.4. The van der Waals surface area contributed by atoms with Crippen molar-refractivity contribution in [2.75, 3.05) is 11.1 Å². The van der Waals surface area contributed by atoms with E-state index in [1.165, 1.54) is 65.8 Å². The number of unbranched alkanes of at least 4 members (excludes halogenated alkanes) is 2. The largest absolute Gasteiger partial charge is 0.296 e. The number of carbonyl (C=O) groups is 2. The van der Waals surface area contributed by atoms with Crippen molar-refractivity contribution in [1.82, 2.24) is 10.2 Å². The number of anilines is 1. The van der Waals surface area contributed by atoms with E-state index in [9.17, 15) is 19.7 Å². The minimum atomic E-state index is -0.538. The van der Waals surface area contributed by atoms with Crippen molar-refractivity contribution in [3.8, 4) is 0 Å². The Hall–Kier alpha value is -3.11. The zero-order chi connectivity index (χ0) is 22.9. The number of nitrogens with one attached hydrogen (secondary N) is 1. The fraction of sp³-hybridized carbons (Fsp3) is 0.273. The molecule has 0 saturated heterocycles. The number of nitro benzene ring substituents is 1. The van der Waals surface area contributed by atoms with Crippen molar-refractivity contribution < 1.29 is 14.5 Å². The second-order valence-electron chi connectivity index (χ2n) is 7.00. The minimum absolute atomic E-state index is 0.0588. The molecule has 1 aromatic heterocycles. The van der Waals surface area contributed by atoms with Gasteiger partial charge in [-0.05, 0) is 30.5 Å². The van der Waals surface area contributed by atoms with Crippen LogP contribution in [0.5, 0.6) is 0 Å². The molecule has 0 aliphatic rings. The van der Waals surface area contributed by atoms with Gasteiger partial charge in [-0.1, -0.05) is 67.1 Å². The van der Waals surface area contributed by atoms with Crippen LogP contribution in [0, 0.1) is 10.1 Å². The Kier molecular flexibility index (Phi) is 8.46. The molecule has 8 nitrogen and oxygen atoms in total. The van der Waals surface area contributed by atoms with Crippen LogP contribution in [0.2, 0.25) is 0 Å². The third-order valence-corrected chi connectivity index (χ3v) is 6.59. The molecule has 32 heavy (non-hydrogen) atoms. The predicted molar refractivity (Wildman–Crippen MR) is 126 cm³/mol. The molecule has 0 saturated carbocycles. The van der Waals surface area contributed by atoms with Crippen LogP contribution in [-0.2, 0) is 6.42 Å². The summed E-state index contributed by atoms with van der Waals surface area (Å²) in [6.07, 6.45) is 4.50. The summed E-state index contributed by atoms with van der Waals surface area (Å²) >= 11 is 2.33. The number of carbonyl (C=O) groups excluding carboxylic acids is 2. The first kappa shape index (κ1) is 23.6. The molecule has 0 atom stereocenters. The predicted octanol–water partition coefficient (Wildman–Crippen LogP) is 5.41. The van der Waals surface area contributed by atoms with Crippen LogP contribution in [0.15, 0.2) is 52.9 Å². The summed E-state index contributed by atoms with van der Waals surface area (Å²) < 4.78 is 0.519. The monoisotopic (exact) mass is 470 g/mol. The Balaban J connectivity index is 1.52. The summed E-state index contributed by atoms with van der Waals surface area (Å²) in [5.41, 5.74) is 1.88. The number of hydrogen-bond donors (Lipinski definition) is 1. The maximum Gasteiger partial charge on any atom is 0.270 e. The number of non-ortho nitro benzene ring substituents is 1. The van der Waals surface area contributed by atoms with Gasteiger partial charge >= 0.3 is 0 Å². The number of aryl methyl sites for hydroxylation is 1. The van der Waals surface area contributed by atoms with E-state index in [4.69, 9.17) is 0 Å². The molecular formula is C22H22N4O4S2. The van der Waals surface area contributed by atoms with E-state index in [0.29, 0.717) is 15.0 Å². The molecular weight excluding hydrogens is 448 g/mol. The molecule has 0 fully saturated rings. The second-order valence-corrected chi connectivity index (χ2v) is 9.20. The number of Topliss-reactive ketones (excluding diaryl/α,β-unsaturated/α-hetero) is 1. The molecule has 0 aliphatic heterocycles. The van der Waals surface area contributed by atoms with Crippen LogP contribution in [-0.4, -0.2) is 32.6 Å². The van der Waals surface area contributed by atoms with Crippen molar-refractivity contribution in [3.63, 3.8) is 0 Å². The van der Waals surface area contributed by atoms with Crippen LogP contribution in [0.4, 0.5) is 10.8 Å². The Labute approximate surface area is 193 Å². The Morgan fingerprint density at radius 1 is 1.09 bits per heavy atom. The highest BCUT2D eigenvalue weighted by Gasteiger charge is 2.15. The lowest BCUT2D eigenvalue weighted by molar-refractivity contribution is -0.384. The van der Waals surface area contributed by atoms with Gasteiger partial charge in [0.25, 0.3) is 11.6 Å². The lowest BCUT2D eigenvalue weighted by Crippen LogP contribution is -2.11. The van der Waals surface area contributed by atoms with Gasteiger partial charge in [0.2, 0.25) is 5.13 Å². The van der Waals surface area contributed by atoms with Gasteiger partial charge in [0.1, 0.15) is 0 Å². The average Bonchev–Trinajstić information content (AvgIpc) is 3.25. The zero-order valence-electron chi connectivity index (χ0n) is 17.4. The van der Waals surface area contributed by atoms with Crippen LogP contribution in [0.1, 0.15) is 52.5 Å². The number of benzene rings is 2. The first-order chi connectivity index (χ1) is 15.5. The normalized spacial score (nSPS) is 10.7. The molecule has 1 heterocycles. The smallest absolute Gasteiger partial charge is 0.270 e. The molecule has 1 amide bonds. The third-order valence-electron chi connectivity index (χ3n) is 4.62. The SMILES string of the molecule is CCCCCc1ccc(C(=O)Nc2nnc(SCC(=O)c3cccc([N+](=O)[O-])c3)s2)cc1. The Morgan fingerprint density at radius 3 is 2.59 bits per heavy atom. The summed E-state index contributed by atoms with van der Waals surface area (Å²) in [5, 5.41) is 21.9. The number of amides is 1. The van der Waals surface area contributed by atoms with Crippen LogP contribution < -0.4 is 5.32 Å². The van der Waals surface area contributed by atoms with E-state index in [2.05, 4.69) is 22.4 Å². The summed E-state index contributed by atoms with van der Waals surface area (Å²) in [6.45, 7) is 2.17. The number of rotatable bonds is 11. The molecule has 0 radical (unpaired) electrons. The van der Waals surface area contributed by atoms with Crippen molar-refractivity contribution in [3.05, 3.63) is 75.3 Å². The number of aromatic nitrogens is 2. The first-order valence-electron chi connectivity index (χ1n) is 10.1. The lowest BCUT2D eigenvalue weighted by Gasteiger charge is -2.04. The first-order valence-corrected chi connectivity index (χ1v) is 11.9. The quantitative estimate of drug-likeness (QED) is 0.0995. The molecule has 166 valence electrons. The molecule has 0 unspecified atom stereocenters. The molecule has 0 aliphatic carbocycles. The van der Waals surface area contributed by atoms with Gasteiger partial charge in [-0.2, -0.15) is 0 Å². The highest BCUT2D eigenvalue weighted by Crippen LogP contribution is 2.27. The van der Waals surface area contributed by atoms with Gasteiger partial charge < -0.3 is 0 Å². The molecule has 0 bridgehead atoms. The lowest BCUT2D eigenvalue weighted by atomic mass is 10.1. The Bertz CT molecular complexity index is 1100. The second kappa shape index (κ2) is 11.5. The van der Waals surface area contributed by atoms with Gasteiger partial charge in [-0.15, -0.1) is 10.2 Å². The highest BCUT2D eigenvalue weighted by molar-refractivity contribution is 8.01. The average molecular weight is 471 g/mol. The van der Waals surface area contributed by atoms with Crippen LogP contribution >= 0.6 is 23.1 Å². The van der Waals surface area contributed by atoms with Crippen molar-refractivity contribution in [2.24, 2.45) is 0 Å². The summed E-state index contributed by atoms with van der Waals surface area (Å²) in [6, 6.07) is 13.1. The van der Waals surface area contributed by atoms with E-state index in [-0.39, 0.29) is 28.7 Å². The summed E-state index contributed by atoms with van der Waals surface area (Å²) in [5.74, 6) is -0.465. The zero-order valence-corrected chi connectivity index (χ0v) is 19.1. The van der Waals surface area contributed by atoms with E-state index in [1.807, 2.05) is 12.1 Å². The molecule has 1 N–H and O–H groups in total. The fourth-order valence-electron chi connectivity index (χ4n) is 2.89. The third kappa shape index (κ3) is 6.69.